The van der Waals surface area contributed by atoms with Gasteiger partial charge in [-0.1, -0.05) is 10.2 Å². The Kier molecular flexibility index (Phi) is 13.2. The maximum atomic E-state index is 12.7. The van der Waals surface area contributed by atoms with Gasteiger partial charge in [-0.25, -0.2) is 9.59 Å². The molecule has 4 heterocycles. The first-order valence-corrected chi connectivity index (χ1v) is 15.5. The third kappa shape index (κ3) is 9.44. The maximum absolute atomic E-state index is 12.7. The van der Waals surface area contributed by atoms with E-state index in [9.17, 15) is 19.2 Å². The second-order valence-electron chi connectivity index (χ2n) is 12.3. The highest BCUT2D eigenvalue weighted by Crippen LogP contribution is 2.31. The van der Waals surface area contributed by atoms with Gasteiger partial charge in [-0.05, 0) is 66.5 Å². The molecule has 4 rings (SSSR count). The van der Waals surface area contributed by atoms with E-state index >= 15 is 0 Å². The predicted molar refractivity (Wildman–Crippen MR) is 171 cm³/mol. The van der Waals surface area contributed by atoms with Gasteiger partial charge in [0.25, 0.3) is 11.1 Å². The Morgan fingerprint density at radius 3 is 1.74 bits per heavy atom. The van der Waals surface area contributed by atoms with Crippen LogP contribution in [0.5, 0.6) is 0 Å². The number of aromatic nitrogens is 4. The molecule has 47 heavy (non-hydrogen) atoms. The minimum absolute atomic E-state index is 0.0159. The fourth-order valence-corrected chi connectivity index (χ4v) is 5.20. The molecule has 258 valence electrons. The molecule has 2 aliphatic heterocycles. The highest BCUT2D eigenvalue weighted by molar-refractivity contribution is 5.05. The van der Waals surface area contributed by atoms with Crippen molar-refractivity contribution in [3.63, 3.8) is 0 Å². The molecule has 0 aliphatic carbocycles. The van der Waals surface area contributed by atoms with Gasteiger partial charge in [-0.15, -0.1) is 0 Å². The predicted octanol–water partition coefficient (Wildman–Crippen LogP) is 3.53. The lowest BCUT2D eigenvalue weighted by Crippen LogP contribution is -2.43. The average molecular weight is 661 g/mol. The molecular formula is C29H44N10O8. The van der Waals surface area contributed by atoms with Crippen LogP contribution in [-0.2, 0) is 18.9 Å². The number of aromatic amines is 1. The van der Waals surface area contributed by atoms with Crippen LogP contribution in [0.25, 0.3) is 20.9 Å². The molecular weight excluding hydrogens is 616 g/mol. The monoisotopic (exact) mass is 660 g/mol. The third-order valence-corrected chi connectivity index (χ3v) is 7.59. The number of hydrogen-bond donors (Lipinski definition) is 1. The summed E-state index contributed by atoms with van der Waals surface area (Å²) in [5, 5.41) is 7.49. The Balaban J connectivity index is 0.000000257. The number of nitrogens with one attached hydrogen (secondary N) is 1. The van der Waals surface area contributed by atoms with Crippen molar-refractivity contribution in [2.24, 2.45) is 10.2 Å². The summed E-state index contributed by atoms with van der Waals surface area (Å²) < 4.78 is 26.7. The van der Waals surface area contributed by atoms with Gasteiger partial charge in [0.15, 0.2) is 0 Å². The van der Waals surface area contributed by atoms with Crippen molar-refractivity contribution in [2.75, 3.05) is 13.2 Å². The van der Waals surface area contributed by atoms with Crippen molar-refractivity contribution in [3.05, 3.63) is 86.1 Å². The van der Waals surface area contributed by atoms with Gasteiger partial charge in [0.1, 0.15) is 12.5 Å². The second kappa shape index (κ2) is 16.6. The SMILES string of the molecule is Cc1cn([C@H]2CC(N=[N+]=[N-])[C@@H](COC(C)C)O2)c(=O)[nH]c1=O.Cc1cn([C@H]2CC(N=[N+]=[N-])[C@@H](COC(C)C)O2)c(=O)n(C(C)C)c1=O. The Labute approximate surface area is 270 Å². The first-order valence-electron chi connectivity index (χ1n) is 15.5. The van der Waals surface area contributed by atoms with Gasteiger partial charge in [-0.2, -0.15) is 0 Å². The number of H-pyrrole nitrogens is 1. The molecule has 0 aromatic carbocycles. The first kappa shape index (κ1) is 37.3. The lowest BCUT2D eigenvalue weighted by molar-refractivity contribution is -0.0581. The molecule has 18 heteroatoms. The van der Waals surface area contributed by atoms with E-state index < -0.39 is 53.7 Å². The van der Waals surface area contributed by atoms with Crippen LogP contribution in [0.1, 0.15) is 84.0 Å². The van der Waals surface area contributed by atoms with Crippen molar-refractivity contribution in [1.82, 2.24) is 18.7 Å². The van der Waals surface area contributed by atoms with E-state index in [1.165, 1.54) is 26.1 Å². The number of rotatable bonds is 11. The van der Waals surface area contributed by atoms with Gasteiger partial charge < -0.3 is 18.9 Å². The molecule has 0 saturated carbocycles. The minimum Gasteiger partial charge on any atom is -0.376 e. The smallest absolute Gasteiger partial charge is 0.333 e. The lowest BCUT2D eigenvalue weighted by atomic mass is 10.1. The molecule has 0 amide bonds. The Bertz CT molecular complexity index is 1710. The Morgan fingerprint density at radius 2 is 1.30 bits per heavy atom. The van der Waals surface area contributed by atoms with Crippen LogP contribution < -0.4 is 22.5 Å². The quantitative estimate of drug-likeness (QED) is 0.212. The molecule has 0 bridgehead atoms. The Morgan fingerprint density at radius 1 is 0.830 bits per heavy atom. The van der Waals surface area contributed by atoms with Crippen molar-refractivity contribution in [2.45, 2.75) is 123 Å². The number of hydrogen-bond acceptors (Lipinski definition) is 10. The largest absolute Gasteiger partial charge is 0.376 e. The van der Waals surface area contributed by atoms with E-state index in [1.54, 1.807) is 27.7 Å². The minimum atomic E-state index is -0.604. The van der Waals surface area contributed by atoms with Crippen LogP contribution in [0.4, 0.5) is 0 Å². The lowest BCUT2D eigenvalue weighted by Gasteiger charge is -2.20. The maximum Gasteiger partial charge on any atom is 0.333 e. The molecule has 6 atom stereocenters. The molecule has 0 spiro atoms. The third-order valence-electron chi connectivity index (χ3n) is 7.59. The summed E-state index contributed by atoms with van der Waals surface area (Å²) in [5.41, 5.74) is 16.6. The summed E-state index contributed by atoms with van der Waals surface area (Å²) in [6, 6.07) is -1.12. The molecule has 0 radical (unpaired) electrons. The molecule has 2 aliphatic rings. The van der Waals surface area contributed by atoms with Crippen LogP contribution in [0, 0.1) is 13.8 Å². The van der Waals surface area contributed by atoms with Crippen molar-refractivity contribution in [1.29, 1.82) is 0 Å². The zero-order chi connectivity index (χ0) is 35.0. The van der Waals surface area contributed by atoms with Crippen LogP contribution in [-0.4, -0.2) is 68.4 Å². The molecule has 2 unspecified atom stereocenters. The highest BCUT2D eigenvalue weighted by Gasteiger charge is 2.38. The normalized spacial score (nSPS) is 23.8. The van der Waals surface area contributed by atoms with Crippen LogP contribution >= 0.6 is 0 Å². The van der Waals surface area contributed by atoms with Crippen molar-refractivity contribution < 1.29 is 18.9 Å². The summed E-state index contributed by atoms with van der Waals surface area (Å²) in [5.74, 6) is 0. The molecule has 2 saturated heterocycles. The van der Waals surface area contributed by atoms with Crippen LogP contribution in [0.15, 0.2) is 41.8 Å². The number of azide groups is 2. The number of ether oxygens (including phenoxy) is 4. The summed E-state index contributed by atoms with van der Waals surface area (Å²) >= 11 is 0. The van der Waals surface area contributed by atoms with Gasteiger partial charge in [0, 0.05) is 52.2 Å². The molecule has 2 aromatic heterocycles. The van der Waals surface area contributed by atoms with E-state index in [2.05, 4.69) is 25.0 Å². The molecule has 1 N–H and O–H groups in total. The fraction of sp³-hybridized carbons (Fsp3) is 0.724. The summed E-state index contributed by atoms with van der Waals surface area (Å²) in [6.07, 6.45) is 1.63. The zero-order valence-electron chi connectivity index (χ0n) is 28.0. The van der Waals surface area contributed by atoms with Crippen LogP contribution in [0.2, 0.25) is 0 Å². The topological polar surface area (TPSA) is 233 Å². The second-order valence-corrected chi connectivity index (χ2v) is 12.3. The van der Waals surface area contributed by atoms with Crippen LogP contribution in [0.3, 0.4) is 0 Å². The first-order chi connectivity index (χ1) is 22.2. The molecule has 2 aromatic rings. The van der Waals surface area contributed by atoms with Gasteiger partial charge in [0.2, 0.25) is 0 Å². The fourth-order valence-electron chi connectivity index (χ4n) is 5.20. The van der Waals surface area contributed by atoms with Gasteiger partial charge >= 0.3 is 11.4 Å². The van der Waals surface area contributed by atoms with E-state index in [-0.39, 0.29) is 37.0 Å². The Hall–Kier alpha value is -4.18. The van der Waals surface area contributed by atoms with E-state index in [4.69, 9.17) is 30.0 Å². The van der Waals surface area contributed by atoms with Crippen molar-refractivity contribution >= 4 is 0 Å². The summed E-state index contributed by atoms with van der Waals surface area (Å²) in [7, 11) is 0. The highest BCUT2D eigenvalue weighted by atomic mass is 16.6. The molecule has 2 fully saturated rings. The van der Waals surface area contributed by atoms with E-state index in [0.29, 0.717) is 24.0 Å². The number of aryl methyl sites for hydroxylation is 2. The van der Waals surface area contributed by atoms with Crippen molar-refractivity contribution in [3.8, 4) is 0 Å². The van der Waals surface area contributed by atoms with E-state index in [1.807, 2.05) is 27.7 Å². The average Bonchev–Trinajstić information content (AvgIpc) is 3.59. The number of nitrogens with zero attached hydrogens (tertiary/aromatic N) is 9. The molecule has 18 nitrogen and oxygen atoms in total. The zero-order valence-corrected chi connectivity index (χ0v) is 28.0. The van der Waals surface area contributed by atoms with Gasteiger partial charge in [0.05, 0.1) is 49.7 Å². The standard InChI is InChI=1S/C16H25N5O4.C13H19N5O4/c1-9(2)21-15(22)11(5)7-20(16(21)23)14-6-12(18-19-17)13(25-14)8-24-10(3)4;1-7(2)21-6-10-9(16-17-14)4-11(22-10)18-5-8(3)12(19)15-13(18)20/h7,9-10,12-14H,6,8H2,1-5H3;5,7,9-11H,4,6H2,1-3H3,(H,15,19,20)/t12?,13-,14-;9?,10-,11-/m11/s1. The van der Waals surface area contributed by atoms with Gasteiger partial charge in [-0.3, -0.25) is 28.3 Å². The summed E-state index contributed by atoms with van der Waals surface area (Å²) in [4.78, 5) is 56.2. The summed E-state index contributed by atoms with van der Waals surface area (Å²) in [6.45, 7) is 15.0. The van der Waals surface area contributed by atoms with E-state index in [0.717, 1.165) is 0 Å².